The molecule has 3 nitrogen and oxygen atoms in total. The van der Waals surface area contributed by atoms with Crippen LogP contribution in [0, 0.1) is 0 Å². The number of nitrogens with zero attached hydrogens (tertiary/aromatic N) is 1. The summed E-state index contributed by atoms with van der Waals surface area (Å²) in [5.74, 6) is 0. The molecule has 1 aliphatic carbocycles. The Hall–Kier alpha value is -0.550. The van der Waals surface area contributed by atoms with Crippen molar-refractivity contribution in [1.29, 1.82) is 0 Å². The Morgan fingerprint density at radius 2 is 2.11 bits per heavy atom. The summed E-state index contributed by atoms with van der Waals surface area (Å²) < 4.78 is 21.7. The van der Waals surface area contributed by atoms with Crippen molar-refractivity contribution in [3.8, 4) is 0 Å². The molecule has 0 aliphatic heterocycles. The molecule has 1 aromatic carbocycles. The molecule has 1 unspecified atom stereocenters. The molecular formula is C14H18ClNO2S. The van der Waals surface area contributed by atoms with Gasteiger partial charge >= 0.3 is 0 Å². The SMILES string of the molecule is CO[C@H]1Cc2cc(Cl)ccc2/C1=N\[S+]([O-])C(C)(C)C. The molecule has 0 amide bonds. The normalized spacial score (nSPS) is 22.6. The highest BCUT2D eigenvalue weighted by Crippen LogP contribution is 2.29. The Morgan fingerprint density at radius 3 is 2.68 bits per heavy atom. The topological polar surface area (TPSA) is 44.6 Å². The smallest absolute Gasteiger partial charge is 0.144 e. The summed E-state index contributed by atoms with van der Waals surface area (Å²) in [5, 5.41) is 0.701. The Morgan fingerprint density at radius 1 is 1.42 bits per heavy atom. The lowest BCUT2D eigenvalue weighted by atomic mass is 10.1. The van der Waals surface area contributed by atoms with Gasteiger partial charge < -0.3 is 9.29 Å². The second-order valence-electron chi connectivity index (χ2n) is 5.57. The third-order valence-electron chi connectivity index (χ3n) is 3.04. The van der Waals surface area contributed by atoms with Crippen molar-refractivity contribution >= 4 is 28.7 Å². The van der Waals surface area contributed by atoms with Gasteiger partial charge in [-0.3, -0.25) is 0 Å². The first-order valence-electron chi connectivity index (χ1n) is 6.15. The highest BCUT2D eigenvalue weighted by molar-refractivity contribution is 7.91. The van der Waals surface area contributed by atoms with Crippen LogP contribution in [-0.4, -0.2) is 28.2 Å². The molecule has 0 fully saturated rings. The van der Waals surface area contributed by atoms with Gasteiger partial charge in [0, 0.05) is 24.1 Å². The maximum atomic E-state index is 12.2. The molecule has 2 rings (SSSR count). The Labute approximate surface area is 122 Å². The summed E-state index contributed by atoms with van der Waals surface area (Å²) in [6.07, 6.45) is 0.590. The molecule has 2 atom stereocenters. The second kappa shape index (κ2) is 5.44. The summed E-state index contributed by atoms with van der Waals surface area (Å²) >= 11 is 4.71. The Balaban J connectivity index is 2.42. The van der Waals surface area contributed by atoms with Gasteiger partial charge in [-0.25, -0.2) is 0 Å². The molecule has 0 spiro atoms. The van der Waals surface area contributed by atoms with Crippen LogP contribution in [-0.2, 0) is 22.5 Å². The van der Waals surface area contributed by atoms with Gasteiger partial charge in [0.15, 0.2) is 0 Å². The van der Waals surface area contributed by atoms with E-state index in [0.29, 0.717) is 5.02 Å². The van der Waals surface area contributed by atoms with Crippen molar-refractivity contribution < 1.29 is 9.29 Å². The van der Waals surface area contributed by atoms with Crippen molar-refractivity contribution in [1.82, 2.24) is 0 Å². The van der Waals surface area contributed by atoms with Crippen LogP contribution in [0.1, 0.15) is 31.9 Å². The lowest BCUT2D eigenvalue weighted by molar-refractivity contribution is 0.160. The van der Waals surface area contributed by atoms with Gasteiger partial charge in [-0.1, -0.05) is 22.1 Å². The van der Waals surface area contributed by atoms with E-state index in [1.807, 2.05) is 39.0 Å². The largest absolute Gasteiger partial charge is 0.591 e. The van der Waals surface area contributed by atoms with Gasteiger partial charge in [-0.2, -0.15) is 0 Å². The lowest BCUT2D eigenvalue weighted by Crippen LogP contribution is -2.29. The molecule has 0 saturated carbocycles. The van der Waals surface area contributed by atoms with E-state index in [2.05, 4.69) is 4.40 Å². The van der Waals surface area contributed by atoms with E-state index in [9.17, 15) is 4.55 Å². The van der Waals surface area contributed by atoms with Crippen molar-refractivity contribution in [2.45, 2.75) is 38.0 Å². The van der Waals surface area contributed by atoms with Gasteiger partial charge in [-0.05, 0) is 38.5 Å². The van der Waals surface area contributed by atoms with Crippen molar-refractivity contribution in [2.75, 3.05) is 7.11 Å². The van der Waals surface area contributed by atoms with Crippen LogP contribution in [0.15, 0.2) is 22.6 Å². The van der Waals surface area contributed by atoms with Crippen molar-refractivity contribution in [3.63, 3.8) is 0 Å². The fourth-order valence-electron chi connectivity index (χ4n) is 1.98. The van der Waals surface area contributed by atoms with Gasteiger partial charge in [0.05, 0.1) is 0 Å². The first-order valence-corrected chi connectivity index (χ1v) is 7.63. The standard InChI is InChI=1S/C14H18ClNO2S/c1-14(2,3)19(17)16-13-11-6-5-10(15)7-9(11)8-12(13)18-4/h5-7,12H,8H2,1-4H3/b16-13+/t12-,19?/m0/s1. The number of fused-ring (bicyclic) bond motifs is 1. The minimum atomic E-state index is -1.29. The molecule has 0 heterocycles. The zero-order valence-corrected chi connectivity index (χ0v) is 13.1. The third kappa shape index (κ3) is 3.14. The molecular weight excluding hydrogens is 282 g/mol. The van der Waals surface area contributed by atoms with E-state index in [1.165, 1.54) is 0 Å². The van der Waals surface area contributed by atoms with E-state index in [0.717, 1.165) is 23.3 Å². The number of rotatable bonds is 2. The van der Waals surface area contributed by atoms with Gasteiger partial charge in [0.2, 0.25) is 0 Å². The third-order valence-corrected chi connectivity index (χ3v) is 4.69. The molecule has 0 bridgehead atoms. The van der Waals surface area contributed by atoms with Crippen LogP contribution in [0.25, 0.3) is 0 Å². The first kappa shape index (κ1) is 14.9. The molecule has 5 heteroatoms. The zero-order valence-electron chi connectivity index (χ0n) is 11.6. The fraction of sp³-hybridized carbons (Fsp3) is 0.500. The minimum absolute atomic E-state index is 0.139. The molecule has 104 valence electrons. The van der Waals surface area contributed by atoms with E-state index < -0.39 is 11.4 Å². The number of ether oxygens (including phenoxy) is 1. The van der Waals surface area contributed by atoms with Crippen molar-refractivity contribution in [2.24, 2.45) is 4.40 Å². The van der Waals surface area contributed by atoms with Gasteiger partial charge in [0.1, 0.15) is 27.9 Å². The maximum absolute atomic E-state index is 12.2. The number of hydrogen-bond donors (Lipinski definition) is 0. The predicted octanol–water partition coefficient (Wildman–Crippen LogP) is 3.16. The number of methoxy groups -OCH3 is 1. The quantitative estimate of drug-likeness (QED) is 0.787. The molecule has 0 radical (unpaired) electrons. The van der Waals surface area contributed by atoms with Crippen LogP contribution < -0.4 is 0 Å². The van der Waals surface area contributed by atoms with Crippen molar-refractivity contribution in [3.05, 3.63) is 34.3 Å². The minimum Gasteiger partial charge on any atom is -0.591 e. The summed E-state index contributed by atoms with van der Waals surface area (Å²) in [7, 11) is 1.65. The Bertz CT molecular complexity index is 511. The average molecular weight is 300 g/mol. The first-order chi connectivity index (χ1) is 8.82. The summed E-state index contributed by atoms with van der Waals surface area (Å²) in [6, 6.07) is 5.68. The van der Waals surface area contributed by atoms with Gasteiger partial charge in [-0.15, -0.1) is 0 Å². The number of benzene rings is 1. The lowest BCUT2D eigenvalue weighted by Gasteiger charge is -2.19. The van der Waals surface area contributed by atoms with E-state index in [1.54, 1.807) is 7.11 Å². The number of halogens is 1. The van der Waals surface area contributed by atoms with Crippen LogP contribution in [0.2, 0.25) is 5.02 Å². The monoisotopic (exact) mass is 299 g/mol. The molecule has 0 saturated heterocycles. The van der Waals surface area contributed by atoms with Gasteiger partial charge in [0.25, 0.3) is 0 Å². The summed E-state index contributed by atoms with van der Waals surface area (Å²) in [4.78, 5) is 0. The summed E-state index contributed by atoms with van der Waals surface area (Å²) in [5.41, 5.74) is 2.86. The predicted molar refractivity (Wildman–Crippen MR) is 80.4 cm³/mol. The zero-order chi connectivity index (χ0) is 14.2. The molecule has 0 N–H and O–H groups in total. The van der Waals surface area contributed by atoms with Crippen LogP contribution in [0.4, 0.5) is 0 Å². The number of hydrogen-bond acceptors (Lipinski definition) is 3. The fourth-order valence-corrected chi connectivity index (χ4v) is 2.84. The second-order valence-corrected chi connectivity index (χ2v) is 7.91. The highest BCUT2D eigenvalue weighted by Gasteiger charge is 2.34. The average Bonchev–Trinajstić information content (AvgIpc) is 2.65. The van der Waals surface area contributed by atoms with E-state index in [4.69, 9.17) is 16.3 Å². The summed E-state index contributed by atoms with van der Waals surface area (Å²) in [6.45, 7) is 5.73. The maximum Gasteiger partial charge on any atom is 0.144 e. The molecule has 1 aromatic rings. The van der Waals surface area contributed by atoms with E-state index in [-0.39, 0.29) is 10.9 Å². The molecule has 1 aliphatic rings. The highest BCUT2D eigenvalue weighted by atomic mass is 35.5. The Kier molecular flexibility index (Phi) is 4.26. The van der Waals surface area contributed by atoms with E-state index >= 15 is 0 Å². The van der Waals surface area contributed by atoms with Crippen LogP contribution in [0.5, 0.6) is 0 Å². The molecule has 0 aromatic heterocycles. The van der Waals surface area contributed by atoms with Crippen LogP contribution >= 0.6 is 11.6 Å². The van der Waals surface area contributed by atoms with Crippen LogP contribution in [0.3, 0.4) is 0 Å². The molecule has 19 heavy (non-hydrogen) atoms.